The molecule has 1 fully saturated rings. The number of ether oxygens (including phenoxy) is 1. The summed E-state index contributed by atoms with van der Waals surface area (Å²) in [7, 11) is 0. The third kappa shape index (κ3) is 4.90. The number of hydrogen-bond acceptors (Lipinski definition) is 5. The Kier molecular flexibility index (Phi) is 6.46. The number of anilines is 1. The lowest BCUT2D eigenvalue weighted by atomic mass is 9.96. The second-order valence-electron chi connectivity index (χ2n) is 7.53. The summed E-state index contributed by atoms with van der Waals surface area (Å²) in [6.07, 6.45) is 0.668. The van der Waals surface area contributed by atoms with Gasteiger partial charge in [-0.05, 0) is 37.0 Å². The van der Waals surface area contributed by atoms with Crippen LogP contribution in [-0.2, 0) is 9.53 Å². The Hall–Kier alpha value is -2.55. The summed E-state index contributed by atoms with van der Waals surface area (Å²) in [5.41, 5.74) is 6.15. The molecule has 9 heteroatoms. The van der Waals surface area contributed by atoms with E-state index < -0.39 is 5.91 Å². The highest BCUT2D eigenvalue weighted by molar-refractivity contribution is 9.10. The average molecular weight is 466 g/mol. The second kappa shape index (κ2) is 8.86. The number of furan rings is 1. The van der Waals surface area contributed by atoms with Crippen molar-refractivity contribution in [1.82, 2.24) is 4.90 Å². The Morgan fingerprint density at radius 2 is 2.00 bits per heavy atom. The minimum absolute atomic E-state index is 0.0823. The molecule has 2 aromatic rings. The van der Waals surface area contributed by atoms with Crippen LogP contribution in [0, 0.1) is 11.8 Å². The van der Waals surface area contributed by atoms with Crippen molar-refractivity contribution in [3.8, 4) is 0 Å². The van der Waals surface area contributed by atoms with Crippen LogP contribution in [0.3, 0.4) is 0 Å². The molecule has 8 nitrogen and oxygen atoms in total. The number of nitrogens with one attached hydrogen (secondary N) is 1. The van der Waals surface area contributed by atoms with Gasteiger partial charge in [0.05, 0.1) is 6.61 Å². The Morgan fingerprint density at radius 1 is 1.31 bits per heavy atom. The van der Waals surface area contributed by atoms with Crippen LogP contribution in [0.2, 0.25) is 0 Å². The summed E-state index contributed by atoms with van der Waals surface area (Å²) >= 11 is 3.38. The smallest absolute Gasteiger partial charge is 0.409 e. The van der Waals surface area contributed by atoms with Crippen LogP contribution in [0.25, 0.3) is 11.0 Å². The number of carbonyl (C=O) groups is 3. The highest BCUT2D eigenvalue weighted by atomic mass is 79.9. The second-order valence-corrected chi connectivity index (χ2v) is 8.45. The quantitative estimate of drug-likeness (QED) is 0.697. The van der Waals surface area contributed by atoms with Gasteiger partial charge in [0.15, 0.2) is 0 Å². The van der Waals surface area contributed by atoms with Gasteiger partial charge in [-0.2, -0.15) is 0 Å². The summed E-state index contributed by atoms with van der Waals surface area (Å²) in [5, 5.41) is 3.40. The van der Waals surface area contributed by atoms with E-state index in [9.17, 15) is 14.4 Å². The van der Waals surface area contributed by atoms with Gasteiger partial charge >= 0.3 is 6.09 Å². The van der Waals surface area contributed by atoms with Crippen molar-refractivity contribution in [2.45, 2.75) is 26.7 Å². The number of likely N-dealkylation sites (tertiary alicyclic amines) is 1. The molecule has 1 aromatic heterocycles. The van der Waals surface area contributed by atoms with Crippen LogP contribution >= 0.6 is 15.9 Å². The van der Waals surface area contributed by atoms with Crippen LogP contribution in [-0.4, -0.2) is 42.5 Å². The molecule has 0 spiro atoms. The van der Waals surface area contributed by atoms with E-state index >= 15 is 0 Å². The number of benzene rings is 1. The van der Waals surface area contributed by atoms with Gasteiger partial charge in [-0.1, -0.05) is 29.8 Å². The fourth-order valence-electron chi connectivity index (χ4n) is 3.25. The van der Waals surface area contributed by atoms with Crippen LogP contribution in [0.15, 0.2) is 27.1 Å². The molecule has 3 N–H and O–H groups in total. The van der Waals surface area contributed by atoms with E-state index in [-0.39, 0.29) is 35.3 Å². The molecule has 0 unspecified atom stereocenters. The summed E-state index contributed by atoms with van der Waals surface area (Å²) in [6, 6.07) is 5.23. The molecule has 1 saturated heterocycles. The van der Waals surface area contributed by atoms with E-state index in [1.807, 2.05) is 13.8 Å². The van der Waals surface area contributed by atoms with Crippen molar-refractivity contribution in [3.63, 3.8) is 0 Å². The third-order valence-corrected chi connectivity index (χ3v) is 5.28. The number of primary amides is 1. The van der Waals surface area contributed by atoms with Crippen LogP contribution in [0.1, 0.15) is 37.2 Å². The van der Waals surface area contributed by atoms with Gasteiger partial charge in [0.2, 0.25) is 11.7 Å². The van der Waals surface area contributed by atoms with E-state index in [2.05, 4.69) is 21.2 Å². The van der Waals surface area contributed by atoms with Crippen LogP contribution < -0.4 is 11.1 Å². The van der Waals surface area contributed by atoms with Crippen molar-refractivity contribution >= 4 is 50.5 Å². The Bertz CT molecular complexity index is 932. The maximum Gasteiger partial charge on any atom is 0.409 e. The summed E-state index contributed by atoms with van der Waals surface area (Å²) in [5.74, 6) is -1.09. The number of halogens is 1. The van der Waals surface area contributed by atoms with E-state index in [4.69, 9.17) is 14.9 Å². The zero-order valence-electron chi connectivity index (χ0n) is 16.4. The molecule has 1 aromatic carbocycles. The Labute approximate surface area is 176 Å². The van der Waals surface area contributed by atoms with Gasteiger partial charge in [0, 0.05) is 28.9 Å². The summed E-state index contributed by atoms with van der Waals surface area (Å²) < 4.78 is 11.5. The normalized spacial score (nSPS) is 15.0. The zero-order chi connectivity index (χ0) is 21.1. The molecular formula is C20H24BrN3O5. The van der Waals surface area contributed by atoms with Crippen LogP contribution in [0.4, 0.5) is 10.5 Å². The van der Waals surface area contributed by atoms with Crippen molar-refractivity contribution in [1.29, 1.82) is 0 Å². The minimum Gasteiger partial charge on any atom is -0.449 e. The molecule has 1 aliphatic heterocycles. The van der Waals surface area contributed by atoms with Gasteiger partial charge in [-0.25, -0.2) is 4.79 Å². The van der Waals surface area contributed by atoms with Crippen molar-refractivity contribution in [3.05, 3.63) is 28.4 Å². The molecular weight excluding hydrogens is 442 g/mol. The molecule has 0 saturated carbocycles. The van der Waals surface area contributed by atoms with Crippen molar-refractivity contribution in [2.75, 3.05) is 25.0 Å². The number of nitrogens with zero attached hydrogens (tertiary/aromatic N) is 1. The van der Waals surface area contributed by atoms with E-state index in [1.165, 1.54) is 0 Å². The molecule has 29 heavy (non-hydrogen) atoms. The largest absolute Gasteiger partial charge is 0.449 e. The first kappa shape index (κ1) is 21.2. The first-order valence-corrected chi connectivity index (χ1v) is 10.3. The molecule has 3 rings (SSSR count). The van der Waals surface area contributed by atoms with Gasteiger partial charge in [-0.3, -0.25) is 9.59 Å². The number of carbonyl (C=O) groups excluding carboxylic acids is 3. The average Bonchev–Trinajstić information content (AvgIpc) is 3.04. The topological polar surface area (TPSA) is 115 Å². The maximum absolute atomic E-state index is 12.8. The lowest BCUT2D eigenvalue weighted by Gasteiger charge is -2.30. The number of piperidine rings is 1. The zero-order valence-corrected chi connectivity index (χ0v) is 18.0. The molecule has 3 amide bonds. The number of amides is 3. The molecule has 2 heterocycles. The first-order valence-electron chi connectivity index (χ1n) is 9.50. The molecule has 156 valence electrons. The van der Waals surface area contributed by atoms with E-state index in [0.29, 0.717) is 43.5 Å². The Balaban J connectivity index is 1.67. The molecule has 0 atom stereocenters. The van der Waals surface area contributed by atoms with Gasteiger partial charge < -0.3 is 25.1 Å². The Morgan fingerprint density at radius 3 is 2.62 bits per heavy atom. The van der Waals surface area contributed by atoms with Crippen LogP contribution in [0.5, 0.6) is 0 Å². The van der Waals surface area contributed by atoms with E-state index in [1.54, 1.807) is 23.1 Å². The fraction of sp³-hybridized carbons (Fsp3) is 0.450. The SMILES string of the molecule is CC(C)COC(=O)N1CCC(C(=O)Nc2c(C(N)=O)oc3ccc(Br)cc23)CC1. The number of rotatable bonds is 5. The predicted molar refractivity (Wildman–Crippen MR) is 112 cm³/mol. The minimum atomic E-state index is -0.754. The third-order valence-electron chi connectivity index (χ3n) is 4.79. The lowest BCUT2D eigenvalue weighted by molar-refractivity contribution is -0.121. The molecule has 0 bridgehead atoms. The first-order chi connectivity index (χ1) is 13.8. The standard InChI is InChI=1S/C20H24BrN3O5/c1-11(2)10-28-20(27)24-7-5-12(6-8-24)19(26)23-16-14-9-13(21)3-4-15(14)29-17(16)18(22)25/h3-4,9,11-12H,5-8,10H2,1-2H3,(H2,22,25)(H,23,26). The van der Waals surface area contributed by atoms with Gasteiger partial charge in [0.1, 0.15) is 11.3 Å². The van der Waals surface area contributed by atoms with Crippen molar-refractivity contribution in [2.24, 2.45) is 17.6 Å². The predicted octanol–water partition coefficient (Wildman–Crippen LogP) is 3.74. The maximum atomic E-state index is 12.8. The molecule has 0 radical (unpaired) electrons. The van der Waals surface area contributed by atoms with Gasteiger partial charge in [-0.15, -0.1) is 0 Å². The summed E-state index contributed by atoms with van der Waals surface area (Å²) in [4.78, 5) is 38.3. The van der Waals surface area contributed by atoms with Crippen molar-refractivity contribution < 1.29 is 23.5 Å². The molecule has 1 aliphatic rings. The molecule has 0 aliphatic carbocycles. The fourth-order valence-corrected chi connectivity index (χ4v) is 3.61. The van der Waals surface area contributed by atoms with E-state index in [0.717, 1.165) is 4.47 Å². The number of nitrogens with two attached hydrogens (primary N) is 1. The lowest BCUT2D eigenvalue weighted by Crippen LogP contribution is -2.42. The highest BCUT2D eigenvalue weighted by Crippen LogP contribution is 2.33. The van der Waals surface area contributed by atoms with Gasteiger partial charge in [0.25, 0.3) is 5.91 Å². The number of fused-ring (bicyclic) bond motifs is 1. The number of hydrogen-bond donors (Lipinski definition) is 2. The monoisotopic (exact) mass is 465 g/mol. The summed E-state index contributed by atoms with van der Waals surface area (Å²) in [6.45, 7) is 5.20. The highest BCUT2D eigenvalue weighted by Gasteiger charge is 2.30.